The molecule has 1 aliphatic carbocycles. The number of hydrogen-bond donors (Lipinski definition) is 1. The Kier molecular flexibility index (Phi) is 4.05. The molecule has 1 aromatic rings. The zero-order chi connectivity index (χ0) is 12.3. The molecular formula is C13H17BrN2O. The third-order valence-electron chi connectivity index (χ3n) is 3.21. The Bertz CT molecular complexity index is 425. The third kappa shape index (κ3) is 3.00. The second-order valence-electron chi connectivity index (χ2n) is 4.36. The van der Waals surface area contributed by atoms with Crippen LogP contribution in [0.25, 0.3) is 6.08 Å². The summed E-state index contributed by atoms with van der Waals surface area (Å²) >= 11 is 3.40. The molecule has 1 aromatic heterocycles. The van der Waals surface area contributed by atoms with E-state index in [1.807, 2.05) is 12.1 Å². The number of nitrogens with zero attached hydrogens (tertiary/aromatic N) is 1. The van der Waals surface area contributed by atoms with Gasteiger partial charge in [-0.1, -0.05) is 12.8 Å². The first-order valence-corrected chi connectivity index (χ1v) is 6.66. The highest BCUT2D eigenvalue weighted by Gasteiger charge is 2.20. The highest BCUT2D eigenvalue weighted by atomic mass is 79.9. The summed E-state index contributed by atoms with van der Waals surface area (Å²) in [6.07, 6.45) is 8.72. The Balaban J connectivity index is 2.28. The lowest BCUT2D eigenvalue weighted by Crippen LogP contribution is -2.02. The first kappa shape index (κ1) is 12.4. The van der Waals surface area contributed by atoms with Crippen LogP contribution in [0.3, 0.4) is 0 Å². The number of nitrogen functional groups attached to an aromatic ring is 1. The quantitative estimate of drug-likeness (QED) is 0.867. The highest BCUT2D eigenvalue weighted by molar-refractivity contribution is 9.10. The molecule has 92 valence electrons. The molecule has 1 fully saturated rings. The van der Waals surface area contributed by atoms with Crippen LogP contribution >= 0.6 is 15.9 Å². The van der Waals surface area contributed by atoms with Gasteiger partial charge < -0.3 is 10.5 Å². The number of hydrogen-bond acceptors (Lipinski definition) is 3. The zero-order valence-corrected chi connectivity index (χ0v) is 11.5. The van der Waals surface area contributed by atoms with Crippen molar-refractivity contribution in [3.05, 3.63) is 28.1 Å². The first-order valence-electron chi connectivity index (χ1n) is 5.87. The van der Waals surface area contributed by atoms with Gasteiger partial charge in [0, 0.05) is 22.2 Å². The highest BCUT2D eigenvalue weighted by Crippen LogP contribution is 2.33. The van der Waals surface area contributed by atoms with Crippen LogP contribution in [-0.4, -0.2) is 12.1 Å². The number of allylic oxidation sites excluding steroid dienone is 1. The van der Waals surface area contributed by atoms with E-state index in [-0.39, 0.29) is 0 Å². The summed E-state index contributed by atoms with van der Waals surface area (Å²) in [6.45, 7) is 0. The van der Waals surface area contributed by atoms with Gasteiger partial charge >= 0.3 is 0 Å². The van der Waals surface area contributed by atoms with E-state index < -0.39 is 0 Å². The molecule has 1 aliphatic rings. The van der Waals surface area contributed by atoms with Crippen LogP contribution in [-0.2, 0) is 4.74 Å². The molecule has 0 spiro atoms. The van der Waals surface area contributed by atoms with Gasteiger partial charge in [-0.05, 0) is 40.9 Å². The molecule has 4 heteroatoms. The average molecular weight is 297 g/mol. The number of anilines is 1. The number of aromatic nitrogens is 1. The van der Waals surface area contributed by atoms with Crippen LogP contribution in [0.5, 0.6) is 0 Å². The van der Waals surface area contributed by atoms with Gasteiger partial charge in [-0.2, -0.15) is 0 Å². The molecule has 0 amide bonds. The number of nitrogens with two attached hydrogens (primary N) is 1. The van der Waals surface area contributed by atoms with Crippen molar-refractivity contribution >= 4 is 27.8 Å². The minimum Gasteiger partial charge on any atom is -0.501 e. The Labute approximate surface area is 110 Å². The van der Waals surface area contributed by atoms with E-state index >= 15 is 0 Å². The molecule has 0 aliphatic heterocycles. The van der Waals surface area contributed by atoms with Crippen LogP contribution in [0.4, 0.5) is 5.82 Å². The largest absolute Gasteiger partial charge is 0.501 e. The molecular weight excluding hydrogens is 280 g/mol. The molecule has 2 N–H and O–H groups in total. The molecule has 0 saturated heterocycles. The number of rotatable bonds is 3. The molecule has 0 aromatic carbocycles. The van der Waals surface area contributed by atoms with E-state index in [1.54, 1.807) is 13.3 Å². The molecule has 0 bridgehead atoms. The fourth-order valence-corrected chi connectivity index (χ4v) is 2.64. The number of halogens is 1. The lowest BCUT2D eigenvalue weighted by molar-refractivity contribution is 0.246. The minimum absolute atomic E-state index is 0.540. The van der Waals surface area contributed by atoms with Crippen molar-refractivity contribution in [3.63, 3.8) is 0 Å². The molecule has 0 radical (unpaired) electrons. The predicted molar refractivity (Wildman–Crippen MR) is 73.3 cm³/mol. The fourth-order valence-electron chi connectivity index (χ4n) is 2.29. The summed E-state index contributed by atoms with van der Waals surface area (Å²) in [7, 11) is 1.73. The van der Waals surface area contributed by atoms with Gasteiger partial charge in [-0.25, -0.2) is 4.98 Å². The Morgan fingerprint density at radius 2 is 2.24 bits per heavy atom. The summed E-state index contributed by atoms with van der Waals surface area (Å²) in [5, 5.41) is 0. The molecule has 17 heavy (non-hydrogen) atoms. The van der Waals surface area contributed by atoms with E-state index in [0.29, 0.717) is 11.7 Å². The lowest BCUT2D eigenvalue weighted by atomic mass is 10.0. The Morgan fingerprint density at radius 3 is 2.88 bits per heavy atom. The van der Waals surface area contributed by atoms with Crippen LogP contribution < -0.4 is 5.73 Å². The summed E-state index contributed by atoms with van der Waals surface area (Å²) < 4.78 is 6.43. The lowest BCUT2D eigenvalue weighted by Gasteiger charge is -2.13. The minimum atomic E-state index is 0.540. The van der Waals surface area contributed by atoms with Crippen molar-refractivity contribution in [1.82, 2.24) is 4.98 Å². The van der Waals surface area contributed by atoms with Gasteiger partial charge in [0.25, 0.3) is 0 Å². The second-order valence-corrected chi connectivity index (χ2v) is 5.28. The molecule has 0 unspecified atom stereocenters. The number of methoxy groups -OCH3 is 1. The van der Waals surface area contributed by atoms with E-state index in [2.05, 4.69) is 20.9 Å². The summed E-state index contributed by atoms with van der Waals surface area (Å²) in [5.74, 6) is 2.10. The van der Waals surface area contributed by atoms with E-state index in [4.69, 9.17) is 10.5 Å². The van der Waals surface area contributed by atoms with Gasteiger partial charge in [-0.15, -0.1) is 0 Å². The standard InChI is InChI=1S/C13H17BrN2O/c1-17-12(9-4-2-3-5-9)7-10-6-11(14)8-16-13(10)15/h6-9H,2-5H2,1H3,(H2,15,16). The SMILES string of the molecule is COC(=Cc1cc(Br)cnc1N)C1CCCC1. The maximum absolute atomic E-state index is 5.86. The number of pyridine rings is 1. The number of ether oxygens (including phenoxy) is 1. The van der Waals surface area contributed by atoms with Crippen molar-refractivity contribution < 1.29 is 4.74 Å². The summed E-state index contributed by atoms with van der Waals surface area (Å²) in [5.41, 5.74) is 6.78. The van der Waals surface area contributed by atoms with Crippen LogP contribution in [0, 0.1) is 5.92 Å². The van der Waals surface area contributed by atoms with Gasteiger partial charge in [-0.3, -0.25) is 0 Å². The molecule has 1 saturated carbocycles. The van der Waals surface area contributed by atoms with E-state index in [1.165, 1.54) is 25.7 Å². The van der Waals surface area contributed by atoms with Crippen molar-refractivity contribution in [1.29, 1.82) is 0 Å². The van der Waals surface area contributed by atoms with Crippen molar-refractivity contribution in [3.8, 4) is 0 Å². The fraction of sp³-hybridized carbons (Fsp3) is 0.462. The van der Waals surface area contributed by atoms with E-state index in [0.717, 1.165) is 15.8 Å². The zero-order valence-electron chi connectivity index (χ0n) is 9.95. The Morgan fingerprint density at radius 1 is 1.53 bits per heavy atom. The van der Waals surface area contributed by atoms with Gasteiger partial charge in [0.1, 0.15) is 5.82 Å². The van der Waals surface area contributed by atoms with Crippen molar-refractivity contribution in [2.24, 2.45) is 5.92 Å². The van der Waals surface area contributed by atoms with E-state index in [9.17, 15) is 0 Å². The smallest absolute Gasteiger partial charge is 0.130 e. The van der Waals surface area contributed by atoms with Gasteiger partial charge in [0.15, 0.2) is 0 Å². The maximum atomic E-state index is 5.86. The van der Waals surface area contributed by atoms with Crippen molar-refractivity contribution in [2.45, 2.75) is 25.7 Å². The molecule has 3 nitrogen and oxygen atoms in total. The monoisotopic (exact) mass is 296 g/mol. The molecule has 2 rings (SSSR count). The summed E-state index contributed by atoms with van der Waals surface area (Å²) in [4.78, 5) is 4.12. The molecule has 0 atom stereocenters. The van der Waals surface area contributed by atoms with Gasteiger partial charge in [0.05, 0.1) is 12.9 Å². The molecule has 1 heterocycles. The average Bonchev–Trinajstić information content (AvgIpc) is 2.84. The van der Waals surface area contributed by atoms with Crippen molar-refractivity contribution in [2.75, 3.05) is 12.8 Å². The van der Waals surface area contributed by atoms with Crippen LogP contribution in [0.2, 0.25) is 0 Å². The van der Waals surface area contributed by atoms with Gasteiger partial charge in [0.2, 0.25) is 0 Å². The second kappa shape index (κ2) is 5.54. The third-order valence-corrected chi connectivity index (χ3v) is 3.64. The normalized spacial score (nSPS) is 17.4. The Hall–Kier alpha value is -1.03. The first-order chi connectivity index (χ1) is 8.20. The maximum Gasteiger partial charge on any atom is 0.130 e. The summed E-state index contributed by atoms with van der Waals surface area (Å²) in [6, 6.07) is 1.97. The topological polar surface area (TPSA) is 48.1 Å². The van der Waals surface area contributed by atoms with Crippen LogP contribution in [0.15, 0.2) is 22.5 Å². The van der Waals surface area contributed by atoms with Crippen LogP contribution in [0.1, 0.15) is 31.2 Å². The predicted octanol–water partition coefficient (Wildman–Crippen LogP) is 3.60.